The van der Waals surface area contributed by atoms with E-state index in [0.717, 1.165) is 6.42 Å². The number of imidazole rings is 1. The maximum Gasteiger partial charge on any atom is 0.253 e. The summed E-state index contributed by atoms with van der Waals surface area (Å²) in [7, 11) is 4.24. The Labute approximate surface area is 80.6 Å². The van der Waals surface area contributed by atoms with Gasteiger partial charge in [0.15, 0.2) is 0 Å². The Kier molecular flexibility index (Phi) is 3.78. The normalized spacial score (nSPS) is 9.75. The second-order valence-corrected chi connectivity index (χ2v) is 3.05. The van der Waals surface area contributed by atoms with Crippen LogP contribution in [0.3, 0.4) is 0 Å². The predicted molar refractivity (Wildman–Crippen MR) is 45.4 cm³/mol. The lowest BCUT2D eigenvalue weighted by atomic mass is 10.3. The molecule has 1 aromatic heterocycles. The van der Waals surface area contributed by atoms with E-state index in [2.05, 4.69) is 44.0 Å². The van der Waals surface area contributed by atoms with E-state index in [9.17, 15) is 0 Å². The molecule has 0 bridgehead atoms. The zero-order valence-electron chi connectivity index (χ0n) is 8.48. The van der Waals surface area contributed by atoms with Crippen LogP contribution in [0.5, 0.6) is 0 Å². The van der Waals surface area contributed by atoms with Crippen LogP contribution in [0.4, 0.5) is 0 Å². The third-order valence-electron chi connectivity index (χ3n) is 2.63. The summed E-state index contributed by atoms with van der Waals surface area (Å²) in [5.74, 6) is 1.32. The molecule has 0 fully saturated rings. The Hall–Kier alpha value is -0.500. The Morgan fingerprint density at radius 1 is 1.33 bits per heavy atom. The molecule has 3 heteroatoms. The summed E-state index contributed by atoms with van der Waals surface area (Å²) in [6.45, 7) is 6.51. The summed E-state index contributed by atoms with van der Waals surface area (Å²) in [6, 6.07) is 0. The number of rotatable bonds is 1. The van der Waals surface area contributed by atoms with Gasteiger partial charge in [-0.3, -0.25) is 0 Å². The number of halogens is 1. The van der Waals surface area contributed by atoms with E-state index in [4.69, 9.17) is 0 Å². The topological polar surface area (TPSA) is 8.81 Å². The van der Waals surface area contributed by atoms with Crippen LogP contribution >= 0.6 is 0 Å². The smallest absolute Gasteiger partial charge is 0.253 e. The summed E-state index contributed by atoms with van der Waals surface area (Å²) in [4.78, 5) is 0. The fourth-order valence-electron chi connectivity index (χ4n) is 1.59. The average molecular weight is 189 g/mol. The highest BCUT2D eigenvalue weighted by molar-refractivity contribution is 5.07. The second kappa shape index (κ2) is 3.94. The van der Waals surface area contributed by atoms with Crippen molar-refractivity contribution < 1.29 is 17.0 Å². The molecule has 0 unspecified atom stereocenters. The van der Waals surface area contributed by atoms with Crippen LogP contribution in [0.25, 0.3) is 0 Å². The van der Waals surface area contributed by atoms with Gasteiger partial charge in [-0.15, -0.1) is 0 Å². The van der Waals surface area contributed by atoms with Gasteiger partial charge in [0.25, 0.3) is 5.82 Å². The van der Waals surface area contributed by atoms with Crippen LogP contribution in [0.15, 0.2) is 0 Å². The van der Waals surface area contributed by atoms with Crippen molar-refractivity contribution in [2.45, 2.75) is 27.2 Å². The van der Waals surface area contributed by atoms with Crippen molar-refractivity contribution in [3.63, 3.8) is 0 Å². The molecule has 0 aromatic carbocycles. The molecule has 0 aliphatic rings. The zero-order chi connectivity index (χ0) is 8.59. The number of hydrogen-bond acceptors (Lipinski definition) is 0. The molecule has 0 atom stereocenters. The highest BCUT2D eigenvalue weighted by Crippen LogP contribution is 2.05. The van der Waals surface area contributed by atoms with E-state index in [1.807, 2.05) is 0 Å². The van der Waals surface area contributed by atoms with Crippen LogP contribution in [0, 0.1) is 13.8 Å². The molecule has 0 spiro atoms. The van der Waals surface area contributed by atoms with Gasteiger partial charge >= 0.3 is 0 Å². The molecule has 0 aliphatic heterocycles. The second-order valence-electron chi connectivity index (χ2n) is 3.05. The average Bonchev–Trinajstić information content (AvgIpc) is 2.17. The van der Waals surface area contributed by atoms with Gasteiger partial charge in [0.1, 0.15) is 11.4 Å². The van der Waals surface area contributed by atoms with Crippen LogP contribution in [0.2, 0.25) is 0 Å². The summed E-state index contributed by atoms with van der Waals surface area (Å²) in [6.07, 6.45) is 1.12. The highest BCUT2D eigenvalue weighted by Gasteiger charge is 2.17. The van der Waals surface area contributed by atoms with Crippen molar-refractivity contribution in [3.05, 3.63) is 17.2 Å². The molecule has 0 aliphatic carbocycles. The molecule has 0 saturated heterocycles. The molecule has 0 amide bonds. The first-order valence-corrected chi connectivity index (χ1v) is 4.10. The zero-order valence-corrected chi connectivity index (χ0v) is 9.24. The van der Waals surface area contributed by atoms with Crippen molar-refractivity contribution in [1.29, 1.82) is 0 Å². The van der Waals surface area contributed by atoms with Gasteiger partial charge in [-0.05, 0) is 0 Å². The molecule has 1 aromatic rings. The Morgan fingerprint density at radius 2 is 1.83 bits per heavy atom. The van der Waals surface area contributed by atoms with E-state index < -0.39 is 0 Å². The molecule has 0 N–H and O–H groups in total. The van der Waals surface area contributed by atoms with Crippen molar-refractivity contribution in [1.82, 2.24) is 4.57 Å². The third-order valence-corrected chi connectivity index (χ3v) is 2.63. The van der Waals surface area contributed by atoms with E-state index in [1.54, 1.807) is 0 Å². The van der Waals surface area contributed by atoms with Gasteiger partial charge in [0.2, 0.25) is 0 Å². The van der Waals surface area contributed by atoms with E-state index >= 15 is 0 Å². The summed E-state index contributed by atoms with van der Waals surface area (Å²) in [5, 5.41) is 0. The highest BCUT2D eigenvalue weighted by atomic mass is 35.5. The predicted octanol–water partition coefficient (Wildman–Crippen LogP) is -1.97. The summed E-state index contributed by atoms with van der Waals surface area (Å²) < 4.78 is 4.49. The third kappa shape index (κ3) is 1.48. The van der Waals surface area contributed by atoms with Gasteiger partial charge in [-0.1, -0.05) is 6.92 Å². The molecule has 12 heavy (non-hydrogen) atoms. The van der Waals surface area contributed by atoms with E-state index in [1.165, 1.54) is 17.2 Å². The lowest BCUT2D eigenvalue weighted by Gasteiger charge is -1.90. The standard InChI is InChI=1S/C9H17N2.ClH/c1-6-9-7(2)10(4)8(3)11(9)5;/h6H2,1-5H3;1H/q+1;/p-1. The van der Waals surface area contributed by atoms with Crippen molar-refractivity contribution in [3.8, 4) is 0 Å². The monoisotopic (exact) mass is 188 g/mol. The van der Waals surface area contributed by atoms with Gasteiger partial charge in [0.05, 0.1) is 14.1 Å². The Morgan fingerprint density at radius 3 is 2.00 bits per heavy atom. The molecule has 70 valence electrons. The van der Waals surface area contributed by atoms with Crippen LogP contribution in [0.1, 0.15) is 24.1 Å². The lowest BCUT2D eigenvalue weighted by molar-refractivity contribution is -0.684. The molecule has 0 saturated carbocycles. The largest absolute Gasteiger partial charge is 1.00 e. The van der Waals surface area contributed by atoms with Crippen molar-refractivity contribution in [2.75, 3.05) is 0 Å². The van der Waals surface area contributed by atoms with Crippen LogP contribution in [-0.2, 0) is 20.5 Å². The van der Waals surface area contributed by atoms with E-state index in [-0.39, 0.29) is 12.4 Å². The molecule has 1 heterocycles. The van der Waals surface area contributed by atoms with Gasteiger partial charge in [-0.25, -0.2) is 9.13 Å². The van der Waals surface area contributed by atoms with Crippen molar-refractivity contribution >= 4 is 0 Å². The molecule has 2 nitrogen and oxygen atoms in total. The number of aromatic nitrogens is 2. The molecule has 0 radical (unpaired) electrons. The number of hydrogen-bond donors (Lipinski definition) is 0. The van der Waals surface area contributed by atoms with Crippen LogP contribution < -0.4 is 17.0 Å². The minimum Gasteiger partial charge on any atom is -1.00 e. The molecular formula is C9H17ClN2. The first-order chi connectivity index (χ1) is 5.09. The van der Waals surface area contributed by atoms with Gasteiger partial charge in [0, 0.05) is 20.3 Å². The van der Waals surface area contributed by atoms with Gasteiger partial charge < -0.3 is 12.4 Å². The Bertz CT molecular complexity index is 251. The first kappa shape index (κ1) is 11.5. The Balaban J connectivity index is 0.00000121. The minimum absolute atomic E-state index is 0. The minimum atomic E-state index is 0. The SMILES string of the molecule is CCc1c(C)n(C)c(C)[n+]1C.[Cl-]. The summed E-state index contributed by atoms with van der Waals surface area (Å²) in [5.41, 5.74) is 2.82. The maximum atomic E-state index is 2.26. The quantitative estimate of drug-likeness (QED) is 0.453. The van der Waals surface area contributed by atoms with Crippen molar-refractivity contribution in [2.24, 2.45) is 14.1 Å². The van der Waals surface area contributed by atoms with E-state index in [0.29, 0.717) is 0 Å². The van der Waals surface area contributed by atoms with Crippen LogP contribution in [-0.4, -0.2) is 4.57 Å². The number of nitrogens with zero attached hydrogens (tertiary/aromatic N) is 2. The fourth-order valence-corrected chi connectivity index (χ4v) is 1.59. The first-order valence-electron chi connectivity index (χ1n) is 4.10. The fraction of sp³-hybridized carbons (Fsp3) is 0.667. The molecule has 1 rings (SSSR count). The van der Waals surface area contributed by atoms with Gasteiger partial charge in [-0.2, -0.15) is 0 Å². The lowest BCUT2D eigenvalue weighted by Crippen LogP contribution is -3.00. The maximum absolute atomic E-state index is 2.26. The molecular weight excluding hydrogens is 172 g/mol. The summed E-state index contributed by atoms with van der Waals surface area (Å²) >= 11 is 0.